The summed E-state index contributed by atoms with van der Waals surface area (Å²) in [6.45, 7) is 2.32. The Morgan fingerprint density at radius 2 is 1.12 bits per heavy atom. The summed E-state index contributed by atoms with van der Waals surface area (Å²) in [6, 6.07) is 15.8. The molecule has 2 aromatic carbocycles. The van der Waals surface area contributed by atoms with Crippen molar-refractivity contribution in [1.82, 2.24) is 0 Å². The molecule has 80 valence electrons. The third-order valence-corrected chi connectivity index (χ3v) is 3.43. The minimum Gasteiger partial charge on any atom is -0.0849 e. The Kier molecular flexibility index (Phi) is 3.57. The average Bonchev–Trinajstić information content (AvgIpc) is 2.29. The first-order valence-electron chi connectivity index (χ1n) is 5.19. The third-order valence-electron chi connectivity index (χ3n) is 2.74. The van der Waals surface area contributed by atoms with Gasteiger partial charge in [-0.1, -0.05) is 77.3 Å². The van der Waals surface area contributed by atoms with Crippen molar-refractivity contribution in [3.63, 3.8) is 0 Å². The van der Waals surface area contributed by atoms with Gasteiger partial charge in [0, 0.05) is 10.0 Å². The van der Waals surface area contributed by atoms with Crippen molar-refractivity contribution in [1.29, 1.82) is 0 Å². The van der Waals surface area contributed by atoms with Crippen molar-refractivity contribution in [3.05, 3.63) is 58.6 Å². The van der Waals surface area contributed by atoms with Crippen LogP contribution in [0.2, 0.25) is 16.9 Å². The Bertz CT molecular complexity index is 451. The lowest BCUT2D eigenvalue weighted by molar-refractivity contribution is 1.72. The van der Waals surface area contributed by atoms with Crippen LogP contribution in [0.5, 0.6) is 0 Å². The first-order valence-corrected chi connectivity index (χ1v) is 5.94. The van der Waals surface area contributed by atoms with Gasteiger partial charge in [-0.25, -0.2) is 0 Å². The molecular formula is C13H11BCl2. The number of hydrogen-bond donors (Lipinski definition) is 0. The molecule has 0 N–H and O–H groups in total. The van der Waals surface area contributed by atoms with E-state index in [2.05, 4.69) is 6.82 Å². The molecule has 0 atom stereocenters. The lowest BCUT2D eigenvalue weighted by Gasteiger charge is -2.12. The molecule has 2 aromatic rings. The van der Waals surface area contributed by atoms with Gasteiger partial charge in [-0.2, -0.15) is 0 Å². The second-order valence-electron chi connectivity index (χ2n) is 3.76. The highest BCUT2D eigenvalue weighted by Crippen LogP contribution is 2.09. The van der Waals surface area contributed by atoms with Crippen LogP contribution in [0.25, 0.3) is 0 Å². The maximum absolute atomic E-state index is 6.18. The zero-order chi connectivity index (χ0) is 11.5. The van der Waals surface area contributed by atoms with Crippen LogP contribution >= 0.6 is 23.2 Å². The molecule has 0 bridgehead atoms. The van der Waals surface area contributed by atoms with Gasteiger partial charge in [0.15, 0.2) is 0 Å². The molecule has 0 aliphatic rings. The van der Waals surface area contributed by atoms with Gasteiger partial charge in [-0.3, -0.25) is 0 Å². The van der Waals surface area contributed by atoms with Crippen molar-refractivity contribution >= 4 is 40.8 Å². The van der Waals surface area contributed by atoms with Gasteiger partial charge in [0.25, 0.3) is 0 Å². The predicted molar refractivity (Wildman–Crippen MR) is 73.8 cm³/mol. The molecule has 0 radical (unpaired) electrons. The van der Waals surface area contributed by atoms with Crippen molar-refractivity contribution in [3.8, 4) is 0 Å². The van der Waals surface area contributed by atoms with Gasteiger partial charge >= 0.3 is 0 Å². The molecule has 0 aliphatic carbocycles. The second-order valence-corrected chi connectivity index (χ2v) is 4.58. The summed E-state index contributed by atoms with van der Waals surface area (Å²) < 4.78 is 0. The van der Waals surface area contributed by atoms with Gasteiger partial charge < -0.3 is 0 Å². The molecule has 0 unspecified atom stereocenters. The van der Waals surface area contributed by atoms with Crippen LogP contribution in [0.1, 0.15) is 0 Å². The van der Waals surface area contributed by atoms with E-state index in [1.807, 2.05) is 48.5 Å². The summed E-state index contributed by atoms with van der Waals surface area (Å²) in [6.07, 6.45) is 0. The van der Waals surface area contributed by atoms with Crippen LogP contribution in [-0.4, -0.2) is 6.71 Å². The van der Waals surface area contributed by atoms with E-state index in [-0.39, 0.29) is 6.71 Å². The second kappa shape index (κ2) is 4.94. The van der Waals surface area contributed by atoms with Crippen LogP contribution in [-0.2, 0) is 0 Å². The Labute approximate surface area is 106 Å². The molecule has 0 nitrogen and oxygen atoms in total. The molecule has 0 saturated carbocycles. The molecule has 0 amide bonds. The van der Waals surface area contributed by atoms with Gasteiger partial charge in [0.1, 0.15) is 0 Å². The normalized spacial score (nSPS) is 10.2. The minimum atomic E-state index is 0.211. The third kappa shape index (κ3) is 2.26. The van der Waals surface area contributed by atoms with E-state index in [1.165, 1.54) is 0 Å². The average molecular weight is 249 g/mol. The molecule has 0 fully saturated rings. The summed E-state index contributed by atoms with van der Waals surface area (Å²) in [4.78, 5) is 0. The van der Waals surface area contributed by atoms with Crippen LogP contribution in [0.4, 0.5) is 0 Å². The Balaban J connectivity index is 2.44. The van der Waals surface area contributed by atoms with Crippen molar-refractivity contribution in [2.45, 2.75) is 6.82 Å². The fourth-order valence-electron chi connectivity index (χ4n) is 1.82. The van der Waals surface area contributed by atoms with Crippen LogP contribution in [0, 0.1) is 0 Å². The van der Waals surface area contributed by atoms with Crippen LogP contribution in [0.15, 0.2) is 48.5 Å². The smallest absolute Gasteiger partial charge is 0.0849 e. The van der Waals surface area contributed by atoms with Crippen molar-refractivity contribution in [2.24, 2.45) is 0 Å². The SMILES string of the molecule is CB(c1ccccc1Cl)c1ccccc1Cl. The summed E-state index contributed by atoms with van der Waals surface area (Å²) in [5.74, 6) is 0. The largest absolute Gasteiger partial charge is 0.210 e. The topological polar surface area (TPSA) is 0 Å². The van der Waals surface area contributed by atoms with Crippen molar-refractivity contribution < 1.29 is 0 Å². The molecule has 16 heavy (non-hydrogen) atoms. The van der Waals surface area contributed by atoms with E-state index in [4.69, 9.17) is 23.2 Å². The first kappa shape index (κ1) is 11.6. The van der Waals surface area contributed by atoms with Gasteiger partial charge in [0.05, 0.1) is 0 Å². The van der Waals surface area contributed by atoms with Gasteiger partial charge in [-0.15, -0.1) is 0 Å². The standard InChI is InChI=1S/C13H11BCl2/c1-14(10-6-2-4-8-12(10)15)11-7-3-5-9-13(11)16/h2-9H,1H3. The molecule has 0 aromatic heterocycles. The van der Waals surface area contributed by atoms with Crippen LogP contribution in [0.3, 0.4) is 0 Å². The quantitative estimate of drug-likeness (QED) is 0.716. The van der Waals surface area contributed by atoms with E-state index >= 15 is 0 Å². The first-order chi connectivity index (χ1) is 7.70. The summed E-state index contributed by atoms with van der Waals surface area (Å²) in [5.41, 5.74) is 2.22. The van der Waals surface area contributed by atoms with Crippen LogP contribution < -0.4 is 10.9 Å². The fraction of sp³-hybridized carbons (Fsp3) is 0.0769. The highest BCUT2D eigenvalue weighted by Gasteiger charge is 2.17. The van der Waals surface area contributed by atoms with E-state index in [0.29, 0.717) is 0 Å². The molecule has 2 rings (SSSR count). The number of hydrogen-bond acceptors (Lipinski definition) is 0. The van der Waals surface area contributed by atoms with E-state index in [0.717, 1.165) is 21.0 Å². The highest BCUT2D eigenvalue weighted by atomic mass is 35.5. The molecular weight excluding hydrogens is 238 g/mol. The van der Waals surface area contributed by atoms with E-state index in [1.54, 1.807) is 0 Å². The molecule has 0 heterocycles. The number of halogens is 2. The minimum absolute atomic E-state index is 0.211. The van der Waals surface area contributed by atoms with Gasteiger partial charge in [0.2, 0.25) is 6.71 Å². The Morgan fingerprint density at radius 1 is 0.750 bits per heavy atom. The number of rotatable bonds is 2. The summed E-state index contributed by atoms with van der Waals surface area (Å²) in [7, 11) is 0. The predicted octanol–water partition coefficient (Wildman–Crippen LogP) is 3.23. The fourth-order valence-corrected chi connectivity index (χ4v) is 2.42. The van der Waals surface area contributed by atoms with Crippen molar-refractivity contribution in [2.75, 3.05) is 0 Å². The molecule has 0 spiro atoms. The lowest BCUT2D eigenvalue weighted by atomic mass is 9.42. The summed E-state index contributed by atoms with van der Waals surface area (Å²) >= 11 is 12.4. The zero-order valence-corrected chi connectivity index (χ0v) is 10.5. The van der Waals surface area contributed by atoms with Gasteiger partial charge in [-0.05, 0) is 12.1 Å². The number of benzene rings is 2. The molecule has 3 heteroatoms. The zero-order valence-electron chi connectivity index (χ0n) is 8.95. The highest BCUT2D eigenvalue weighted by molar-refractivity contribution is 6.87. The molecule has 0 aliphatic heterocycles. The monoisotopic (exact) mass is 248 g/mol. The Morgan fingerprint density at radius 3 is 1.50 bits per heavy atom. The van der Waals surface area contributed by atoms with E-state index in [9.17, 15) is 0 Å². The maximum atomic E-state index is 6.18. The maximum Gasteiger partial charge on any atom is 0.210 e. The molecule has 0 saturated heterocycles. The Hall–Kier alpha value is -0.915. The van der Waals surface area contributed by atoms with E-state index < -0.39 is 0 Å². The lowest BCUT2D eigenvalue weighted by Crippen LogP contribution is -2.40. The summed E-state index contributed by atoms with van der Waals surface area (Å²) in [5, 5.41) is 1.57.